The van der Waals surface area contributed by atoms with Gasteiger partial charge in [0.05, 0.1) is 10.9 Å². The molecule has 0 bridgehead atoms. The first-order valence-corrected chi connectivity index (χ1v) is 12.6. The van der Waals surface area contributed by atoms with Gasteiger partial charge in [-0.05, 0) is 85.6 Å². The van der Waals surface area contributed by atoms with Crippen LogP contribution in [0.4, 0.5) is 0 Å². The molecule has 0 amide bonds. The van der Waals surface area contributed by atoms with Crippen LogP contribution in [-0.2, 0) is 7.05 Å². The number of aryl methyl sites for hydroxylation is 1. The van der Waals surface area contributed by atoms with E-state index in [1.165, 1.54) is 97.4 Å². The van der Waals surface area contributed by atoms with Crippen molar-refractivity contribution in [1.29, 1.82) is 0 Å². The van der Waals surface area contributed by atoms with Crippen molar-refractivity contribution in [2.24, 2.45) is 7.05 Å². The fraction of sp³-hybridized carbons (Fsp3) is 0.500. The SMILES string of the molecule is [2H]c1cc2cc(C)ccc2c(-c2cc(C3CCCCC3)cc(C3CCCCC3)c2C)[n+]1C. The Morgan fingerprint density at radius 1 is 0.806 bits per heavy atom. The average molecular weight is 414 g/mol. The van der Waals surface area contributed by atoms with Crippen LogP contribution in [0.15, 0.2) is 42.6 Å². The zero-order valence-electron chi connectivity index (χ0n) is 20.6. The summed E-state index contributed by atoms with van der Waals surface area (Å²) in [5.41, 5.74) is 8.44. The van der Waals surface area contributed by atoms with E-state index in [9.17, 15) is 0 Å². The van der Waals surface area contributed by atoms with Gasteiger partial charge in [-0.3, -0.25) is 0 Å². The topological polar surface area (TPSA) is 3.88 Å². The number of nitrogens with zero attached hydrogens (tertiary/aromatic N) is 1. The summed E-state index contributed by atoms with van der Waals surface area (Å²) >= 11 is 0. The first-order chi connectivity index (χ1) is 15.5. The molecule has 0 N–H and O–H groups in total. The summed E-state index contributed by atoms with van der Waals surface area (Å²) in [4.78, 5) is 0. The van der Waals surface area contributed by atoms with E-state index in [0.29, 0.717) is 18.0 Å². The maximum atomic E-state index is 8.69. The Labute approximate surface area is 189 Å². The Morgan fingerprint density at radius 2 is 1.48 bits per heavy atom. The first-order valence-electron chi connectivity index (χ1n) is 13.1. The van der Waals surface area contributed by atoms with Crippen molar-refractivity contribution in [3.8, 4) is 11.3 Å². The first kappa shape index (κ1) is 19.5. The van der Waals surface area contributed by atoms with Gasteiger partial charge in [0.1, 0.15) is 8.42 Å². The number of rotatable bonds is 3. The minimum Gasteiger partial charge on any atom is -0.200 e. The van der Waals surface area contributed by atoms with Crippen molar-refractivity contribution < 1.29 is 5.94 Å². The van der Waals surface area contributed by atoms with Crippen molar-refractivity contribution in [1.82, 2.24) is 0 Å². The standard InChI is InChI=1S/C30H38N/c1-21-14-15-27-25(18-21)16-17-31(3)30(27)29-20-26(23-10-6-4-7-11-23)19-28(22(29)2)24-12-8-5-9-13-24/h14-20,23-24H,4-13H2,1-3H3/q+1/i17D. The third-order valence-electron chi connectivity index (χ3n) is 8.06. The highest BCUT2D eigenvalue weighted by molar-refractivity contribution is 5.94. The van der Waals surface area contributed by atoms with Crippen molar-refractivity contribution in [3.05, 3.63) is 64.8 Å². The quantitative estimate of drug-likeness (QED) is 0.382. The molecule has 2 aliphatic carbocycles. The van der Waals surface area contributed by atoms with Gasteiger partial charge in [0, 0.05) is 6.07 Å². The second-order valence-corrected chi connectivity index (χ2v) is 10.2. The van der Waals surface area contributed by atoms with Crippen LogP contribution >= 0.6 is 0 Å². The van der Waals surface area contributed by atoms with Crippen LogP contribution in [0.2, 0.25) is 0 Å². The summed E-state index contributed by atoms with van der Waals surface area (Å²) in [6, 6.07) is 13.9. The van der Waals surface area contributed by atoms with Crippen molar-refractivity contribution >= 4 is 10.8 Å². The van der Waals surface area contributed by atoms with Gasteiger partial charge in [-0.1, -0.05) is 62.3 Å². The lowest BCUT2D eigenvalue weighted by molar-refractivity contribution is -0.659. The molecule has 1 heteroatoms. The predicted molar refractivity (Wildman–Crippen MR) is 132 cm³/mol. The minimum atomic E-state index is 0.583. The van der Waals surface area contributed by atoms with Gasteiger partial charge in [-0.25, -0.2) is 4.57 Å². The van der Waals surface area contributed by atoms with E-state index in [1.807, 2.05) is 6.07 Å². The van der Waals surface area contributed by atoms with E-state index in [2.05, 4.69) is 55.8 Å². The Hall–Kier alpha value is -2.15. The summed E-state index contributed by atoms with van der Waals surface area (Å²) in [5.74, 6) is 1.40. The van der Waals surface area contributed by atoms with Gasteiger partial charge >= 0.3 is 0 Å². The lowest BCUT2D eigenvalue weighted by Gasteiger charge is -2.28. The third kappa shape index (κ3) is 4.04. The van der Waals surface area contributed by atoms with Crippen LogP contribution in [0.25, 0.3) is 22.0 Å². The lowest BCUT2D eigenvalue weighted by Crippen LogP contribution is -2.31. The largest absolute Gasteiger partial charge is 0.220 e. The van der Waals surface area contributed by atoms with Crippen molar-refractivity contribution in [2.75, 3.05) is 0 Å². The zero-order chi connectivity index (χ0) is 22.2. The molecule has 0 aliphatic heterocycles. The monoisotopic (exact) mass is 413 g/mol. The number of benzene rings is 2. The van der Waals surface area contributed by atoms with E-state index in [1.54, 1.807) is 11.1 Å². The third-order valence-corrected chi connectivity index (χ3v) is 8.06. The Bertz CT molecular complexity index is 1130. The molecular formula is C30H38N+. The maximum Gasteiger partial charge on any atom is 0.220 e. The van der Waals surface area contributed by atoms with Gasteiger partial charge in [0.15, 0.2) is 6.17 Å². The molecule has 1 nitrogen and oxygen atoms in total. The molecule has 1 aromatic heterocycles. The molecular weight excluding hydrogens is 374 g/mol. The Kier molecular flexibility index (Phi) is 5.52. The number of fused-ring (bicyclic) bond motifs is 1. The van der Waals surface area contributed by atoms with E-state index >= 15 is 0 Å². The van der Waals surface area contributed by atoms with Crippen molar-refractivity contribution in [3.63, 3.8) is 0 Å². The molecule has 0 spiro atoms. The van der Waals surface area contributed by atoms with Gasteiger partial charge in [0.2, 0.25) is 5.69 Å². The summed E-state index contributed by atoms with van der Waals surface area (Å²) in [6.07, 6.45) is 14.2. The van der Waals surface area contributed by atoms with E-state index in [-0.39, 0.29) is 0 Å². The lowest BCUT2D eigenvalue weighted by atomic mass is 9.76. The fourth-order valence-electron chi connectivity index (χ4n) is 6.27. The molecule has 31 heavy (non-hydrogen) atoms. The highest BCUT2D eigenvalue weighted by Gasteiger charge is 2.26. The highest BCUT2D eigenvalue weighted by atomic mass is 14.9. The molecule has 162 valence electrons. The second-order valence-electron chi connectivity index (χ2n) is 10.2. The minimum absolute atomic E-state index is 0.583. The van der Waals surface area contributed by atoms with Crippen molar-refractivity contribution in [2.45, 2.75) is 89.9 Å². The summed E-state index contributed by atoms with van der Waals surface area (Å²) in [7, 11) is 2.07. The molecule has 0 atom stereocenters. The maximum absolute atomic E-state index is 8.69. The molecule has 0 radical (unpaired) electrons. The number of hydrogen-bond acceptors (Lipinski definition) is 0. The fourth-order valence-corrected chi connectivity index (χ4v) is 6.27. The van der Waals surface area contributed by atoms with Gasteiger partial charge in [-0.2, -0.15) is 0 Å². The van der Waals surface area contributed by atoms with Crippen LogP contribution in [0.3, 0.4) is 0 Å². The smallest absolute Gasteiger partial charge is 0.200 e. The summed E-state index contributed by atoms with van der Waals surface area (Å²) < 4.78 is 10.8. The van der Waals surface area contributed by atoms with Crippen LogP contribution in [0.1, 0.15) is 99.7 Å². The summed E-state index contributed by atoms with van der Waals surface area (Å²) in [6.45, 7) is 4.49. The Morgan fingerprint density at radius 3 is 2.19 bits per heavy atom. The van der Waals surface area contributed by atoms with Crippen LogP contribution < -0.4 is 4.57 Å². The van der Waals surface area contributed by atoms with E-state index < -0.39 is 0 Å². The van der Waals surface area contributed by atoms with Crippen LogP contribution in [0.5, 0.6) is 0 Å². The molecule has 0 saturated heterocycles. The zero-order valence-corrected chi connectivity index (χ0v) is 19.6. The van der Waals surface area contributed by atoms with E-state index in [4.69, 9.17) is 1.37 Å². The van der Waals surface area contributed by atoms with Gasteiger partial charge in [-0.15, -0.1) is 0 Å². The number of aromatic nitrogens is 1. The predicted octanol–water partition coefficient (Wildman–Crippen LogP) is 8.04. The average Bonchev–Trinajstić information content (AvgIpc) is 2.82. The molecule has 2 saturated carbocycles. The number of hydrogen-bond donors (Lipinski definition) is 0. The number of pyridine rings is 1. The summed E-state index contributed by atoms with van der Waals surface area (Å²) in [5, 5.41) is 2.46. The molecule has 3 aromatic rings. The normalized spacial score (nSPS) is 19.0. The highest BCUT2D eigenvalue weighted by Crippen LogP contribution is 2.42. The molecule has 2 aliphatic rings. The van der Waals surface area contributed by atoms with Crippen LogP contribution in [-0.4, -0.2) is 0 Å². The molecule has 2 fully saturated rings. The molecule has 0 unspecified atom stereocenters. The van der Waals surface area contributed by atoms with Gasteiger partial charge in [0.25, 0.3) is 0 Å². The van der Waals surface area contributed by atoms with Gasteiger partial charge < -0.3 is 0 Å². The van der Waals surface area contributed by atoms with E-state index in [0.717, 1.165) is 0 Å². The molecule has 1 heterocycles. The molecule has 5 rings (SSSR count). The second kappa shape index (κ2) is 8.77. The molecule has 2 aromatic carbocycles. The Balaban J connectivity index is 1.75. The van der Waals surface area contributed by atoms with Crippen LogP contribution in [0, 0.1) is 13.8 Å².